The molecule has 0 heterocycles. The number of hydrogen-bond acceptors (Lipinski definition) is 5. The van der Waals surface area contributed by atoms with Gasteiger partial charge in [-0.15, -0.1) is 0 Å². The Balaban J connectivity index is 3.57. The highest BCUT2D eigenvalue weighted by Crippen LogP contribution is 2.15. The van der Waals surface area contributed by atoms with E-state index in [2.05, 4.69) is 43.5 Å². The number of rotatable bonds is 47. The number of hydrogen-bond donors (Lipinski definition) is 3. The van der Waals surface area contributed by atoms with Crippen molar-refractivity contribution < 1.29 is 24.5 Å². The van der Waals surface area contributed by atoms with Crippen molar-refractivity contribution in [3.63, 3.8) is 0 Å². The lowest BCUT2D eigenvalue weighted by atomic mass is 10.0. The van der Waals surface area contributed by atoms with Gasteiger partial charge in [0, 0.05) is 12.8 Å². The molecule has 3 N–H and O–H groups in total. The normalized spacial score (nSPS) is 12.9. The number of allylic oxidation sites excluding steroid dienone is 5. The molecule has 0 saturated heterocycles. The molecule has 0 aromatic heterocycles. The van der Waals surface area contributed by atoms with Gasteiger partial charge in [-0.2, -0.15) is 0 Å². The molecular weight excluding hydrogens is 731 g/mol. The van der Waals surface area contributed by atoms with Crippen LogP contribution in [0.5, 0.6) is 0 Å². The van der Waals surface area contributed by atoms with Crippen LogP contribution < -0.4 is 5.32 Å². The number of carbonyl (C=O) groups excluding carboxylic acids is 2. The highest BCUT2D eigenvalue weighted by Gasteiger charge is 2.18. The Morgan fingerprint density at radius 2 is 0.831 bits per heavy atom. The fourth-order valence-corrected chi connectivity index (χ4v) is 7.68. The minimum absolute atomic E-state index is 0.0227. The summed E-state index contributed by atoms with van der Waals surface area (Å²) in [6, 6.07) is -0.644. The molecule has 0 saturated carbocycles. The average Bonchev–Trinajstić information content (AvgIpc) is 3.24. The first-order valence-corrected chi connectivity index (χ1v) is 25.8. The van der Waals surface area contributed by atoms with Crippen LogP contribution in [0.2, 0.25) is 0 Å². The maximum Gasteiger partial charge on any atom is 0.305 e. The van der Waals surface area contributed by atoms with Crippen LogP contribution in [0.3, 0.4) is 0 Å². The van der Waals surface area contributed by atoms with Gasteiger partial charge < -0.3 is 20.3 Å². The molecular formula is C53H99NO5. The van der Waals surface area contributed by atoms with Crippen molar-refractivity contribution in [2.24, 2.45) is 0 Å². The molecule has 1 amide bonds. The summed E-state index contributed by atoms with van der Waals surface area (Å²) in [6.45, 7) is 4.84. The SMILES string of the molecule is CCCCCCCCCCCCCCC/C=C/C(O)C(CO)NC(=O)CCCCCCCC/C=C\C=C/CCCCCOC(=O)CCCCCCCCCCCCCC. The number of amides is 1. The van der Waals surface area contributed by atoms with Gasteiger partial charge in [0.2, 0.25) is 5.91 Å². The van der Waals surface area contributed by atoms with Gasteiger partial charge in [0.05, 0.1) is 25.4 Å². The molecule has 2 atom stereocenters. The Hall–Kier alpha value is -1.92. The molecule has 0 bridgehead atoms. The fraction of sp³-hybridized carbons (Fsp3) is 0.849. The molecule has 0 rings (SSSR count). The molecule has 0 fully saturated rings. The van der Waals surface area contributed by atoms with Gasteiger partial charge in [-0.1, -0.05) is 224 Å². The first kappa shape index (κ1) is 57.1. The van der Waals surface area contributed by atoms with Crippen LogP contribution in [-0.4, -0.2) is 47.4 Å². The molecule has 0 aliphatic rings. The molecule has 0 aliphatic heterocycles. The van der Waals surface area contributed by atoms with Crippen LogP contribution in [0.25, 0.3) is 0 Å². The lowest BCUT2D eigenvalue weighted by molar-refractivity contribution is -0.143. The first-order chi connectivity index (χ1) is 29.0. The van der Waals surface area contributed by atoms with E-state index in [-0.39, 0.29) is 18.5 Å². The quantitative estimate of drug-likeness (QED) is 0.0246. The third-order valence-corrected chi connectivity index (χ3v) is 11.7. The van der Waals surface area contributed by atoms with Gasteiger partial charge >= 0.3 is 5.97 Å². The minimum atomic E-state index is -0.858. The zero-order chi connectivity index (χ0) is 43.0. The van der Waals surface area contributed by atoms with E-state index in [0.717, 1.165) is 77.0 Å². The molecule has 0 radical (unpaired) electrons. The van der Waals surface area contributed by atoms with Crippen molar-refractivity contribution >= 4 is 11.9 Å². The molecule has 6 heteroatoms. The number of nitrogens with one attached hydrogen (secondary N) is 1. The van der Waals surface area contributed by atoms with Crippen LogP contribution in [0.4, 0.5) is 0 Å². The van der Waals surface area contributed by atoms with Crippen LogP contribution in [0.1, 0.15) is 264 Å². The summed E-state index contributed by atoms with van der Waals surface area (Å²) in [7, 11) is 0. The predicted octanol–water partition coefficient (Wildman–Crippen LogP) is 15.3. The van der Waals surface area contributed by atoms with Crippen molar-refractivity contribution in [2.75, 3.05) is 13.2 Å². The standard InChI is InChI=1S/C53H99NO5/c1-3-5-7-9-11-13-15-17-19-22-25-29-33-37-41-45-51(56)50(49-55)54-52(57)46-42-38-34-30-26-23-20-18-21-24-28-32-36-40-44-48-59-53(58)47-43-39-35-31-27-16-14-12-10-8-6-4-2/h18,21,24,28,41,45,50-51,55-56H,3-17,19-20,22-23,25-27,29-40,42-44,46-49H2,1-2H3,(H,54,57)/b21-18-,28-24-,45-41+. The fourth-order valence-electron chi connectivity index (χ4n) is 7.68. The molecule has 6 nitrogen and oxygen atoms in total. The van der Waals surface area contributed by atoms with Crippen LogP contribution >= 0.6 is 0 Å². The zero-order valence-corrected chi connectivity index (χ0v) is 39.2. The molecule has 0 aromatic carbocycles. The summed E-state index contributed by atoms with van der Waals surface area (Å²) >= 11 is 0. The molecule has 0 spiro atoms. The highest BCUT2D eigenvalue weighted by atomic mass is 16.5. The van der Waals surface area contributed by atoms with E-state index in [1.165, 1.54) is 161 Å². The van der Waals surface area contributed by atoms with Gasteiger partial charge in [-0.25, -0.2) is 0 Å². The number of aliphatic hydroxyl groups is 2. The van der Waals surface area contributed by atoms with Crippen molar-refractivity contribution in [2.45, 2.75) is 276 Å². The second kappa shape index (κ2) is 48.7. The van der Waals surface area contributed by atoms with Gasteiger partial charge in [0.15, 0.2) is 0 Å². The van der Waals surface area contributed by atoms with Crippen LogP contribution in [0.15, 0.2) is 36.5 Å². The lowest BCUT2D eigenvalue weighted by Gasteiger charge is -2.20. The summed E-state index contributed by atoms with van der Waals surface area (Å²) in [5, 5.41) is 23.0. The van der Waals surface area contributed by atoms with Crippen molar-refractivity contribution in [3.05, 3.63) is 36.5 Å². The first-order valence-electron chi connectivity index (χ1n) is 25.8. The van der Waals surface area contributed by atoms with E-state index in [0.29, 0.717) is 19.4 Å². The largest absolute Gasteiger partial charge is 0.466 e. The van der Waals surface area contributed by atoms with E-state index in [1.807, 2.05) is 6.08 Å². The van der Waals surface area contributed by atoms with Crippen molar-refractivity contribution in [3.8, 4) is 0 Å². The Kier molecular flexibility index (Phi) is 47.2. The number of carbonyl (C=O) groups is 2. The second-order valence-corrected chi connectivity index (χ2v) is 17.5. The van der Waals surface area contributed by atoms with E-state index in [4.69, 9.17) is 4.74 Å². The Labute approximate surface area is 366 Å². The molecule has 0 aliphatic carbocycles. The van der Waals surface area contributed by atoms with Gasteiger partial charge in [0.25, 0.3) is 0 Å². The number of esters is 1. The van der Waals surface area contributed by atoms with E-state index >= 15 is 0 Å². The van der Waals surface area contributed by atoms with Crippen LogP contribution in [0, 0.1) is 0 Å². The van der Waals surface area contributed by atoms with Gasteiger partial charge in [-0.3, -0.25) is 9.59 Å². The summed E-state index contributed by atoms with van der Waals surface area (Å²) < 4.78 is 5.43. The Morgan fingerprint density at radius 1 is 0.475 bits per heavy atom. The summed E-state index contributed by atoms with van der Waals surface area (Å²) in [5.74, 6) is -0.113. The molecule has 59 heavy (non-hydrogen) atoms. The molecule has 346 valence electrons. The zero-order valence-electron chi connectivity index (χ0n) is 39.2. The van der Waals surface area contributed by atoms with Gasteiger partial charge in [0.1, 0.15) is 0 Å². The smallest absolute Gasteiger partial charge is 0.305 e. The second-order valence-electron chi connectivity index (χ2n) is 17.5. The highest BCUT2D eigenvalue weighted by molar-refractivity contribution is 5.76. The third kappa shape index (κ3) is 45.4. The number of aliphatic hydroxyl groups excluding tert-OH is 2. The maximum atomic E-state index is 12.4. The number of ether oxygens (including phenoxy) is 1. The maximum absolute atomic E-state index is 12.4. The summed E-state index contributed by atoms with van der Waals surface area (Å²) in [4.78, 5) is 24.4. The van der Waals surface area contributed by atoms with E-state index in [1.54, 1.807) is 6.08 Å². The van der Waals surface area contributed by atoms with E-state index in [9.17, 15) is 19.8 Å². The van der Waals surface area contributed by atoms with Crippen molar-refractivity contribution in [1.29, 1.82) is 0 Å². The lowest BCUT2D eigenvalue weighted by Crippen LogP contribution is -2.45. The summed E-state index contributed by atoms with van der Waals surface area (Å²) in [5.41, 5.74) is 0. The molecule has 0 aromatic rings. The Bertz CT molecular complexity index is 962. The number of unbranched alkanes of at least 4 members (excludes halogenated alkanes) is 33. The van der Waals surface area contributed by atoms with Crippen LogP contribution in [-0.2, 0) is 14.3 Å². The van der Waals surface area contributed by atoms with Gasteiger partial charge in [-0.05, 0) is 64.2 Å². The summed E-state index contributed by atoms with van der Waals surface area (Å²) in [6.07, 6.45) is 58.6. The predicted molar refractivity (Wildman–Crippen MR) is 255 cm³/mol. The van der Waals surface area contributed by atoms with Crippen molar-refractivity contribution in [1.82, 2.24) is 5.32 Å². The average molecular weight is 830 g/mol. The topological polar surface area (TPSA) is 95.9 Å². The van der Waals surface area contributed by atoms with E-state index < -0.39 is 12.1 Å². The third-order valence-electron chi connectivity index (χ3n) is 11.7. The minimum Gasteiger partial charge on any atom is -0.466 e. The monoisotopic (exact) mass is 830 g/mol. The Morgan fingerprint density at radius 3 is 1.25 bits per heavy atom. The molecule has 2 unspecified atom stereocenters.